The smallest absolute Gasteiger partial charge is 0.0397 e. The zero-order valence-electron chi connectivity index (χ0n) is 34.4. The average Bonchev–Trinajstić information content (AvgIpc) is 3.75. The van der Waals surface area contributed by atoms with E-state index in [1.165, 1.54) is 134 Å². The van der Waals surface area contributed by atoms with Gasteiger partial charge in [-0.3, -0.25) is 0 Å². The topological polar surface area (TPSA) is 0 Å². The molecule has 0 spiro atoms. The van der Waals surface area contributed by atoms with Gasteiger partial charge in [-0.15, -0.1) is 0 Å². The van der Waals surface area contributed by atoms with Crippen LogP contribution in [0, 0.1) is 0 Å². The fourth-order valence-electron chi connectivity index (χ4n) is 8.88. The number of hydrogen-bond donors (Lipinski definition) is 0. The molecule has 2 aliphatic carbocycles. The minimum absolute atomic E-state index is 0. The summed E-state index contributed by atoms with van der Waals surface area (Å²) in [6.07, 6.45) is 20.7. The third-order valence-electron chi connectivity index (χ3n) is 12.7. The fourth-order valence-corrected chi connectivity index (χ4v) is 10.6. The summed E-state index contributed by atoms with van der Waals surface area (Å²) in [5, 5.41) is 0. The van der Waals surface area contributed by atoms with Crippen LogP contribution in [-0.4, -0.2) is 9.52 Å². The van der Waals surface area contributed by atoms with Gasteiger partial charge in [0.15, 0.2) is 0 Å². The Morgan fingerprint density at radius 1 is 0.500 bits per heavy atom. The van der Waals surface area contributed by atoms with Crippen molar-refractivity contribution in [1.82, 2.24) is 0 Å². The van der Waals surface area contributed by atoms with Gasteiger partial charge in [0, 0.05) is 47.6 Å². The third kappa shape index (κ3) is 10.1. The van der Waals surface area contributed by atoms with Crippen LogP contribution in [0.15, 0.2) is 96.1 Å². The van der Waals surface area contributed by atoms with E-state index in [1.54, 1.807) is 22.3 Å². The number of allylic oxidation sites excluding steroid dienone is 2. The van der Waals surface area contributed by atoms with Crippen molar-refractivity contribution in [3.8, 4) is 22.3 Å². The van der Waals surface area contributed by atoms with Crippen LogP contribution in [0.25, 0.3) is 34.4 Å². The van der Waals surface area contributed by atoms with Crippen molar-refractivity contribution in [2.24, 2.45) is 0 Å². The van der Waals surface area contributed by atoms with Crippen LogP contribution >= 0.6 is 0 Å². The van der Waals surface area contributed by atoms with Gasteiger partial charge in [-0.05, 0) is 106 Å². The molecule has 6 rings (SSSR count). The molecule has 2 aliphatic rings. The molecule has 0 nitrogen and oxygen atoms in total. The molecule has 0 heterocycles. The van der Waals surface area contributed by atoms with Crippen molar-refractivity contribution >= 4 is 21.7 Å². The second kappa shape index (κ2) is 21.1. The van der Waals surface area contributed by atoms with E-state index in [2.05, 4.69) is 139 Å². The van der Waals surface area contributed by atoms with E-state index >= 15 is 0 Å². The summed E-state index contributed by atoms with van der Waals surface area (Å²) < 4.78 is 0. The Morgan fingerprint density at radius 2 is 0.907 bits per heavy atom. The van der Waals surface area contributed by atoms with E-state index in [0.29, 0.717) is 23.7 Å². The summed E-state index contributed by atoms with van der Waals surface area (Å²) in [5.41, 5.74) is 18.0. The monoisotopic (exact) mass is 808 g/mol. The van der Waals surface area contributed by atoms with Crippen molar-refractivity contribution < 1.29 is 26.2 Å². The largest absolute Gasteiger partial charge is 0.0654 e. The second-order valence-electron chi connectivity index (χ2n) is 16.3. The van der Waals surface area contributed by atoms with Crippen molar-refractivity contribution in [1.29, 1.82) is 0 Å². The molecule has 0 aromatic heterocycles. The van der Waals surface area contributed by atoms with Gasteiger partial charge >= 0.3 is 0 Å². The van der Waals surface area contributed by atoms with Crippen LogP contribution in [-0.2, 0) is 26.2 Å². The molecule has 4 unspecified atom stereocenters. The quantitative estimate of drug-likeness (QED) is 0.0616. The Kier molecular flexibility index (Phi) is 16.7. The molecule has 4 aromatic carbocycles. The molecule has 2 heteroatoms. The van der Waals surface area contributed by atoms with Crippen molar-refractivity contribution in [2.45, 2.75) is 154 Å². The number of rotatable bonds is 20. The van der Waals surface area contributed by atoms with Crippen LogP contribution in [0.3, 0.4) is 0 Å². The summed E-state index contributed by atoms with van der Waals surface area (Å²) in [6.45, 7) is 13.9. The summed E-state index contributed by atoms with van der Waals surface area (Å²) in [7, 11) is 0.942. The number of fused-ring (bicyclic) bond motifs is 2. The van der Waals surface area contributed by atoms with Gasteiger partial charge in [-0.1, -0.05) is 200 Å². The maximum Gasteiger partial charge on any atom is 0.0397 e. The van der Waals surface area contributed by atoms with Gasteiger partial charge in [0.05, 0.1) is 0 Å². The van der Waals surface area contributed by atoms with Crippen LogP contribution < -0.4 is 0 Å². The SMILES string of the molecule is CCCCCCC1=Cc2c(-c3ccc(C(C)CC)cc3)cccc2C1C[Si]CC1C(CCCCCC)=Cc2c(-c3ccc(C(C)CC)cc3)cccc21.[Zr]. The van der Waals surface area contributed by atoms with Gasteiger partial charge in [-0.2, -0.15) is 0 Å². The molecule has 0 fully saturated rings. The van der Waals surface area contributed by atoms with E-state index < -0.39 is 0 Å². The first-order valence-corrected chi connectivity index (χ1v) is 23.0. The molecule has 2 radical (unpaired) electrons. The minimum Gasteiger partial charge on any atom is -0.0654 e. The molecule has 0 amide bonds. The molecule has 0 saturated heterocycles. The van der Waals surface area contributed by atoms with Gasteiger partial charge in [0.2, 0.25) is 0 Å². The van der Waals surface area contributed by atoms with E-state index in [1.807, 2.05) is 0 Å². The molecular weight excluding hydrogens is 744 g/mol. The molecule has 0 saturated carbocycles. The predicted octanol–water partition coefficient (Wildman–Crippen LogP) is 16.2. The molecule has 4 aromatic rings. The molecular formula is C52H66SiZr. The molecule has 282 valence electrons. The van der Waals surface area contributed by atoms with Crippen molar-refractivity contribution in [3.63, 3.8) is 0 Å². The molecule has 0 bridgehead atoms. The number of benzene rings is 4. The van der Waals surface area contributed by atoms with Crippen LogP contribution in [0.1, 0.15) is 176 Å². The summed E-state index contributed by atoms with van der Waals surface area (Å²) in [4.78, 5) is 0. The van der Waals surface area contributed by atoms with Gasteiger partial charge in [-0.25, -0.2) is 0 Å². The average molecular weight is 810 g/mol. The fraction of sp³-hybridized carbons (Fsp3) is 0.462. The van der Waals surface area contributed by atoms with E-state index in [4.69, 9.17) is 0 Å². The first-order valence-electron chi connectivity index (χ1n) is 21.5. The maximum absolute atomic E-state index is 2.62. The summed E-state index contributed by atoms with van der Waals surface area (Å²) in [5.74, 6) is 2.32. The van der Waals surface area contributed by atoms with Gasteiger partial charge in [0.25, 0.3) is 0 Å². The van der Waals surface area contributed by atoms with E-state index in [-0.39, 0.29) is 26.2 Å². The zero-order valence-corrected chi connectivity index (χ0v) is 37.9. The van der Waals surface area contributed by atoms with E-state index in [0.717, 1.165) is 9.52 Å². The summed E-state index contributed by atoms with van der Waals surface area (Å²) >= 11 is 0. The Balaban J connectivity index is 0.00000561. The summed E-state index contributed by atoms with van der Waals surface area (Å²) in [6, 6.07) is 35.8. The van der Waals surface area contributed by atoms with Crippen LogP contribution in [0.4, 0.5) is 0 Å². The molecule has 4 atom stereocenters. The van der Waals surface area contributed by atoms with Gasteiger partial charge < -0.3 is 0 Å². The second-order valence-corrected chi connectivity index (χ2v) is 17.6. The number of unbranched alkanes of at least 4 members (excludes halogenated alkanes) is 6. The zero-order chi connectivity index (χ0) is 37.2. The van der Waals surface area contributed by atoms with Crippen LogP contribution in [0.2, 0.25) is 12.1 Å². The standard InChI is InChI=1S/C52H66Si.Zr/c1-7-11-13-15-19-43-33-49-45(41-29-25-39(26-30-41)37(5)9-3)21-17-23-47(49)51(43)35-53-36-52-44(20-16-14-12-8-2)34-50-46(22-18-24-48(50)52)42-31-27-40(28-32-42)38(6)10-4;/h17-18,21-34,37-38,51-52H,7-16,19-20,35-36H2,1-6H3;. The Labute approximate surface area is 351 Å². The Hall–Kier alpha value is -2.54. The molecule has 54 heavy (non-hydrogen) atoms. The van der Waals surface area contributed by atoms with Crippen LogP contribution in [0.5, 0.6) is 0 Å². The Bertz CT molecular complexity index is 1690. The first-order chi connectivity index (χ1) is 26.0. The maximum atomic E-state index is 2.62. The molecule has 0 aliphatic heterocycles. The predicted molar refractivity (Wildman–Crippen MR) is 235 cm³/mol. The normalized spacial score (nSPS) is 17.0. The molecule has 0 N–H and O–H groups in total. The van der Waals surface area contributed by atoms with Crippen molar-refractivity contribution in [3.05, 3.63) is 129 Å². The van der Waals surface area contributed by atoms with Gasteiger partial charge in [0.1, 0.15) is 0 Å². The number of hydrogen-bond acceptors (Lipinski definition) is 0. The third-order valence-corrected chi connectivity index (χ3v) is 14.1. The minimum atomic E-state index is 0. The first kappa shape index (κ1) is 42.6. The van der Waals surface area contributed by atoms with Crippen molar-refractivity contribution in [2.75, 3.05) is 0 Å². The van der Waals surface area contributed by atoms with E-state index in [9.17, 15) is 0 Å². The Morgan fingerprint density at radius 3 is 1.28 bits per heavy atom.